The van der Waals surface area contributed by atoms with Crippen LogP contribution in [0.2, 0.25) is 0 Å². The molecule has 0 saturated heterocycles. The van der Waals surface area contributed by atoms with Crippen LogP contribution < -0.4 is 0 Å². The lowest BCUT2D eigenvalue weighted by Gasteiger charge is -2.44. The van der Waals surface area contributed by atoms with Crippen LogP contribution in [0.3, 0.4) is 0 Å². The van der Waals surface area contributed by atoms with Crippen molar-refractivity contribution in [2.24, 2.45) is 17.8 Å². The maximum Gasteiger partial charge on any atom is 0.0479 e. The zero-order valence-corrected chi connectivity index (χ0v) is 21.1. The third-order valence-electron chi connectivity index (χ3n) is 9.06. The van der Waals surface area contributed by atoms with Crippen molar-refractivity contribution < 1.29 is 0 Å². The van der Waals surface area contributed by atoms with Crippen LogP contribution in [0.5, 0.6) is 0 Å². The van der Waals surface area contributed by atoms with Gasteiger partial charge >= 0.3 is 0 Å². The predicted octanol–water partition coefficient (Wildman–Crippen LogP) is 9.36. The third-order valence-corrected chi connectivity index (χ3v) is 9.06. The molecule has 0 heterocycles. The molecule has 2 aliphatic rings. The molecule has 2 saturated carbocycles. The van der Waals surface area contributed by atoms with Crippen molar-refractivity contribution in [1.82, 2.24) is 0 Å². The highest BCUT2D eigenvalue weighted by atomic mass is 14.5. The highest BCUT2D eigenvalue weighted by Gasteiger charge is 2.43. The number of rotatable bonds is 7. The molecule has 0 nitrogen and oxygen atoms in total. The quantitative estimate of drug-likeness (QED) is 0.314. The van der Waals surface area contributed by atoms with E-state index in [0.29, 0.717) is 5.92 Å². The van der Waals surface area contributed by atoms with E-state index in [0.717, 1.165) is 11.8 Å². The maximum atomic E-state index is 2.48. The fourth-order valence-corrected chi connectivity index (χ4v) is 7.07. The van der Waals surface area contributed by atoms with Crippen molar-refractivity contribution >= 4 is 0 Å². The van der Waals surface area contributed by atoms with Crippen molar-refractivity contribution in [3.05, 3.63) is 107 Å². The van der Waals surface area contributed by atoms with Gasteiger partial charge in [-0.3, -0.25) is 0 Å². The average molecular weight is 451 g/mol. The summed E-state index contributed by atoms with van der Waals surface area (Å²) in [7, 11) is 0. The van der Waals surface area contributed by atoms with E-state index in [2.05, 4.69) is 91.9 Å². The topological polar surface area (TPSA) is 0 Å². The minimum absolute atomic E-state index is 0.0685. The molecule has 0 spiro atoms. The molecule has 0 aliphatic heterocycles. The van der Waals surface area contributed by atoms with Crippen molar-refractivity contribution in [3.8, 4) is 0 Å². The summed E-state index contributed by atoms with van der Waals surface area (Å²) in [6.45, 7) is 2.42. The van der Waals surface area contributed by atoms with Gasteiger partial charge < -0.3 is 0 Å². The number of aryl methyl sites for hydroxylation is 1. The molecule has 0 bridgehead atoms. The van der Waals surface area contributed by atoms with Gasteiger partial charge in [0.05, 0.1) is 0 Å². The van der Waals surface area contributed by atoms with Gasteiger partial charge in [0.25, 0.3) is 0 Å². The van der Waals surface area contributed by atoms with Crippen LogP contribution >= 0.6 is 0 Å². The largest absolute Gasteiger partial charge is 0.0625 e. The molecule has 0 atom stereocenters. The van der Waals surface area contributed by atoms with E-state index in [4.69, 9.17) is 0 Å². The Bertz CT molecular complexity index is 947. The van der Waals surface area contributed by atoms with E-state index in [1.807, 2.05) is 0 Å². The van der Waals surface area contributed by atoms with E-state index < -0.39 is 0 Å². The molecular weight excluding hydrogens is 408 g/mol. The summed E-state index contributed by atoms with van der Waals surface area (Å²) in [5.74, 6) is 2.52. The summed E-state index contributed by atoms with van der Waals surface area (Å²) >= 11 is 0. The van der Waals surface area contributed by atoms with E-state index in [9.17, 15) is 0 Å². The lowest BCUT2D eigenvalue weighted by Crippen LogP contribution is -2.39. The fourth-order valence-electron chi connectivity index (χ4n) is 7.07. The van der Waals surface area contributed by atoms with Gasteiger partial charge in [0.2, 0.25) is 0 Å². The highest BCUT2D eigenvalue weighted by Crippen LogP contribution is 2.50. The second-order valence-corrected chi connectivity index (χ2v) is 11.2. The van der Waals surface area contributed by atoms with Gasteiger partial charge in [-0.05, 0) is 65.7 Å². The first-order chi connectivity index (χ1) is 16.8. The molecule has 34 heavy (non-hydrogen) atoms. The molecule has 5 rings (SSSR count). The molecule has 3 aromatic rings. The minimum atomic E-state index is -0.0685. The van der Waals surface area contributed by atoms with Crippen LogP contribution in [0, 0.1) is 17.8 Å². The molecular formula is C34H42. The molecule has 178 valence electrons. The molecule has 0 unspecified atom stereocenters. The van der Waals surface area contributed by atoms with Crippen LogP contribution in [-0.2, 0) is 11.8 Å². The predicted molar refractivity (Wildman–Crippen MR) is 145 cm³/mol. The van der Waals surface area contributed by atoms with Crippen molar-refractivity contribution in [2.45, 2.75) is 83.0 Å². The first-order valence-corrected chi connectivity index (χ1v) is 14.0. The first-order valence-electron chi connectivity index (χ1n) is 14.0. The molecule has 0 N–H and O–H groups in total. The smallest absolute Gasteiger partial charge is 0.0479 e. The highest BCUT2D eigenvalue weighted by molar-refractivity contribution is 5.52. The lowest BCUT2D eigenvalue weighted by atomic mass is 9.58. The van der Waals surface area contributed by atoms with Crippen molar-refractivity contribution in [1.29, 1.82) is 0 Å². The van der Waals surface area contributed by atoms with Crippen LogP contribution in [0.15, 0.2) is 84.9 Å². The van der Waals surface area contributed by atoms with Gasteiger partial charge in [0.15, 0.2) is 0 Å². The zero-order valence-electron chi connectivity index (χ0n) is 21.1. The van der Waals surface area contributed by atoms with Gasteiger partial charge in [-0.2, -0.15) is 0 Å². The zero-order chi connectivity index (χ0) is 23.2. The summed E-state index contributed by atoms with van der Waals surface area (Å²) in [6.07, 6.45) is 15.0. The molecule has 0 radical (unpaired) electrons. The van der Waals surface area contributed by atoms with E-state index in [1.54, 1.807) is 0 Å². The van der Waals surface area contributed by atoms with Gasteiger partial charge in [-0.15, -0.1) is 0 Å². The Morgan fingerprint density at radius 3 is 1.68 bits per heavy atom. The molecule has 0 heteroatoms. The molecule has 2 fully saturated rings. The normalized spacial score (nSPS) is 21.9. The van der Waals surface area contributed by atoms with Gasteiger partial charge in [-0.25, -0.2) is 0 Å². The van der Waals surface area contributed by atoms with Gasteiger partial charge in [0, 0.05) is 5.41 Å². The SMILES string of the molecule is CC1CCC(CCc2ccc(C(c3ccccc3)(c3ccccc3)C3CCCCC3)cc2)CC1. The van der Waals surface area contributed by atoms with Crippen molar-refractivity contribution in [3.63, 3.8) is 0 Å². The van der Waals surface area contributed by atoms with E-state index >= 15 is 0 Å². The number of hydrogen-bond donors (Lipinski definition) is 0. The van der Waals surface area contributed by atoms with Crippen LogP contribution in [-0.4, -0.2) is 0 Å². The Hall–Kier alpha value is -2.34. The second-order valence-electron chi connectivity index (χ2n) is 11.2. The fraction of sp³-hybridized carbons (Fsp3) is 0.471. The Labute approximate surface area is 207 Å². The summed E-state index contributed by atoms with van der Waals surface area (Å²) < 4.78 is 0. The molecule has 0 aromatic heterocycles. The van der Waals surface area contributed by atoms with Crippen LogP contribution in [0.1, 0.15) is 93.4 Å². The Morgan fingerprint density at radius 2 is 1.12 bits per heavy atom. The lowest BCUT2D eigenvalue weighted by molar-refractivity contribution is 0.271. The van der Waals surface area contributed by atoms with Crippen LogP contribution in [0.25, 0.3) is 0 Å². The maximum absolute atomic E-state index is 2.48. The Kier molecular flexibility index (Phi) is 7.53. The van der Waals surface area contributed by atoms with E-state index in [1.165, 1.54) is 92.9 Å². The van der Waals surface area contributed by atoms with Crippen LogP contribution in [0.4, 0.5) is 0 Å². The standard InChI is InChI=1S/C34H42/c1-27-17-19-28(20-18-27)21-22-29-23-25-33(26-24-29)34(30-11-5-2-6-12-30,31-13-7-3-8-14-31)32-15-9-4-10-16-32/h2-3,5-8,11-14,23-28,32H,4,9-10,15-22H2,1H3. The summed E-state index contributed by atoms with van der Waals surface area (Å²) in [4.78, 5) is 0. The second kappa shape index (κ2) is 10.9. The average Bonchev–Trinajstić information content (AvgIpc) is 2.91. The molecule has 2 aliphatic carbocycles. The molecule has 0 amide bonds. The first kappa shape index (κ1) is 23.4. The van der Waals surface area contributed by atoms with Gasteiger partial charge in [0.1, 0.15) is 0 Å². The Balaban J connectivity index is 1.49. The van der Waals surface area contributed by atoms with Crippen molar-refractivity contribution in [2.75, 3.05) is 0 Å². The van der Waals surface area contributed by atoms with Gasteiger partial charge in [-0.1, -0.05) is 137 Å². The van der Waals surface area contributed by atoms with E-state index in [-0.39, 0.29) is 5.41 Å². The third kappa shape index (κ3) is 4.88. The number of hydrogen-bond acceptors (Lipinski definition) is 0. The minimum Gasteiger partial charge on any atom is -0.0625 e. The summed E-state index contributed by atoms with van der Waals surface area (Å²) in [5, 5.41) is 0. The number of benzene rings is 3. The Morgan fingerprint density at radius 1 is 0.588 bits per heavy atom. The molecule has 3 aromatic carbocycles. The monoisotopic (exact) mass is 450 g/mol. The summed E-state index contributed by atoms with van der Waals surface area (Å²) in [5.41, 5.74) is 5.84. The summed E-state index contributed by atoms with van der Waals surface area (Å²) in [6, 6.07) is 32.6.